The molecule has 0 atom stereocenters. The Kier molecular flexibility index (Phi) is 8.67. The van der Waals surface area contributed by atoms with Gasteiger partial charge in [-0.3, -0.25) is 9.69 Å². The van der Waals surface area contributed by atoms with Crippen molar-refractivity contribution in [3.05, 3.63) is 125 Å². The summed E-state index contributed by atoms with van der Waals surface area (Å²) < 4.78 is 5.22. The van der Waals surface area contributed by atoms with Crippen LogP contribution in [0.2, 0.25) is 0 Å². The molecule has 0 aliphatic carbocycles. The Labute approximate surface area is 257 Å². The Morgan fingerprint density at radius 1 is 0.864 bits per heavy atom. The van der Waals surface area contributed by atoms with E-state index in [0.29, 0.717) is 34.6 Å². The van der Waals surface area contributed by atoms with Gasteiger partial charge >= 0.3 is 0 Å². The normalized spacial score (nSPS) is 13.3. The van der Waals surface area contributed by atoms with E-state index in [1.165, 1.54) is 5.56 Å². The zero-order chi connectivity index (χ0) is 30.3. The van der Waals surface area contributed by atoms with Crippen LogP contribution in [0.4, 0.5) is 17.2 Å². The van der Waals surface area contributed by atoms with Crippen molar-refractivity contribution >= 4 is 34.0 Å². The van der Waals surface area contributed by atoms with E-state index in [1.54, 1.807) is 31.4 Å². The van der Waals surface area contributed by atoms with Crippen molar-refractivity contribution < 1.29 is 9.53 Å². The maximum absolute atomic E-state index is 13.2. The quantitative estimate of drug-likeness (QED) is 0.211. The van der Waals surface area contributed by atoms with Crippen LogP contribution in [0.3, 0.4) is 0 Å². The summed E-state index contributed by atoms with van der Waals surface area (Å²) in [5.41, 5.74) is 5.52. The third-order valence-corrected chi connectivity index (χ3v) is 7.96. The monoisotopic (exact) mass is 582 g/mol. The molecule has 1 saturated heterocycles. The number of anilines is 3. The highest BCUT2D eigenvalue weighted by Crippen LogP contribution is 2.38. The summed E-state index contributed by atoms with van der Waals surface area (Å²) in [7, 11) is 1.58. The van der Waals surface area contributed by atoms with E-state index < -0.39 is 0 Å². The number of carbonyl (C=O) groups is 1. The van der Waals surface area contributed by atoms with Crippen LogP contribution in [-0.2, 0) is 13.1 Å². The average Bonchev–Trinajstić information content (AvgIpc) is 3.08. The summed E-state index contributed by atoms with van der Waals surface area (Å²) in [6, 6.07) is 35.8. The first-order valence-corrected chi connectivity index (χ1v) is 14.7. The molecular weight excluding hydrogens is 548 g/mol. The molecule has 1 fully saturated rings. The van der Waals surface area contributed by atoms with Crippen LogP contribution >= 0.6 is 0 Å². The van der Waals surface area contributed by atoms with Gasteiger partial charge in [-0.1, -0.05) is 66.7 Å². The molecule has 2 heterocycles. The second-order valence-corrected chi connectivity index (χ2v) is 10.8. The lowest BCUT2D eigenvalue weighted by Crippen LogP contribution is -2.46. The van der Waals surface area contributed by atoms with Gasteiger partial charge in [-0.25, -0.2) is 4.98 Å². The number of methoxy groups -OCH3 is 1. The first-order chi connectivity index (χ1) is 21.6. The number of fused-ring (bicyclic) bond motifs is 1. The Balaban J connectivity index is 1.34. The van der Waals surface area contributed by atoms with Gasteiger partial charge < -0.3 is 20.3 Å². The fraction of sp³-hybridized carbons (Fsp3) is 0.194. The molecule has 0 saturated carbocycles. The molecule has 1 aromatic heterocycles. The van der Waals surface area contributed by atoms with Gasteiger partial charge in [-0.15, -0.1) is 0 Å². The lowest BCUT2D eigenvalue weighted by molar-refractivity contribution is 0.102. The third-order valence-electron chi connectivity index (χ3n) is 7.96. The summed E-state index contributed by atoms with van der Waals surface area (Å²) >= 11 is 0. The Bertz CT molecular complexity index is 1780. The number of nitrogens with zero attached hydrogens (tertiary/aromatic N) is 4. The molecule has 8 nitrogen and oxygen atoms in total. The third kappa shape index (κ3) is 6.33. The van der Waals surface area contributed by atoms with Crippen molar-refractivity contribution in [1.29, 1.82) is 5.26 Å². The smallest absolute Gasteiger partial charge is 0.256 e. The van der Waals surface area contributed by atoms with Gasteiger partial charge in [0.05, 0.1) is 18.3 Å². The Hall–Kier alpha value is -5.39. The van der Waals surface area contributed by atoms with E-state index in [-0.39, 0.29) is 11.7 Å². The summed E-state index contributed by atoms with van der Waals surface area (Å²) in [6.45, 7) is 4.98. The number of hydrogen-bond acceptors (Lipinski definition) is 7. The molecule has 1 aliphatic heterocycles. The van der Waals surface area contributed by atoms with Gasteiger partial charge in [0.15, 0.2) is 5.82 Å². The summed E-state index contributed by atoms with van der Waals surface area (Å²) in [5, 5.41) is 17.8. The van der Waals surface area contributed by atoms with Crippen molar-refractivity contribution in [2.45, 2.75) is 13.1 Å². The van der Waals surface area contributed by atoms with E-state index in [4.69, 9.17) is 9.72 Å². The van der Waals surface area contributed by atoms with Crippen LogP contribution in [-0.4, -0.2) is 49.1 Å². The van der Waals surface area contributed by atoms with Crippen LogP contribution in [0.1, 0.15) is 27.0 Å². The molecule has 0 unspecified atom stereocenters. The first-order valence-electron chi connectivity index (χ1n) is 14.7. The summed E-state index contributed by atoms with van der Waals surface area (Å²) in [5.74, 6) is 0.529. The molecule has 2 N–H and O–H groups in total. The van der Waals surface area contributed by atoms with Gasteiger partial charge in [0, 0.05) is 55.9 Å². The number of pyridine rings is 1. The second kappa shape index (κ2) is 13.3. The Morgan fingerprint density at radius 2 is 1.55 bits per heavy atom. The number of nitriles is 1. The zero-order valence-electron chi connectivity index (χ0n) is 24.7. The lowest BCUT2D eigenvalue weighted by atomic mass is 10.0. The number of amides is 1. The fourth-order valence-electron chi connectivity index (χ4n) is 5.63. The fourth-order valence-corrected chi connectivity index (χ4v) is 5.63. The van der Waals surface area contributed by atoms with Crippen molar-refractivity contribution in [3.8, 4) is 11.8 Å². The van der Waals surface area contributed by atoms with Crippen LogP contribution in [0, 0.1) is 11.3 Å². The number of nitrogens with one attached hydrogen (secondary N) is 2. The minimum Gasteiger partial charge on any atom is -0.497 e. The van der Waals surface area contributed by atoms with Gasteiger partial charge in [0.1, 0.15) is 17.4 Å². The second-order valence-electron chi connectivity index (χ2n) is 10.8. The van der Waals surface area contributed by atoms with E-state index in [1.807, 2.05) is 48.5 Å². The first kappa shape index (κ1) is 28.7. The molecule has 4 aromatic carbocycles. The SMILES string of the molecule is COc1ccc(C(=O)Nc2nc3cccc(N4CCN(Cc5ccccc5)CC4)c3c(NCc3ccccc3)c2C#N)cc1. The molecule has 1 amide bonds. The number of ether oxygens (including phenoxy) is 1. The molecule has 0 radical (unpaired) electrons. The molecule has 6 rings (SSSR count). The molecule has 8 heteroatoms. The van der Waals surface area contributed by atoms with E-state index in [2.05, 4.69) is 56.8 Å². The number of rotatable bonds is 9. The maximum Gasteiger partial charge on any atom is 0.256 e. The minimum absolute atomic E-state index is 0.223. The van der Waals surface area contributed by atoms with Crippen LogP contribution < -0.4 is 20.3 Å². The predicted octanol–water partition coefficient (Wildman–Crippen LogP) is 6.30. The lowest BCUT2D eigenvalue weighted by Gasteiger charge is -2.37. The molecule has 0 spiro atoms. The highest BCUT2D eigenvalue weighted by Gasteiger charge is 2.24. The summed E-state index contributed by atoms with van der Waals surface area (Å²) in [4.78, 5) is 22.9. The number of piperazine rings is 1. The van der Waals surface area contributed by atoms with E-state index in [0.717, 1.165) is 49.4 Å². The van der Waals surface area contributed by atoms with Crippen molar-refractivity contribution in [3.63, 3.8) is 0 Å². The molecule has 44 heavy (non-hydrogen) atoms. The molecule has 0 bridgehead atoms. The highest BCUT2D eigenvalue weighted by atomic mass is 16.5. The van der Waals surface area contributed by atoms with E-state index in [9.17, 15) is 10.1 Å². The van der Waals surface area contributed by atoms with Gasteiger partial charge in [-0.05, 0) is 47.5 Å². The topological polar surface area (TPSA) is 93.5 Å². The average molecular weight is 583 g/mol. The van der Waals surface area contributed by atoms with Crippen LogP contribution in [0.25, 0.3) is 10.9 Å². The maximum atomic E-state index is 13.2. The Morgan fingerprint density at radius 3 is 2.20 bits per heavy atom. The van der Waals surface area contributed by atoms with Crippen LogP contribution in [0.15, 0.2) is 103 Å². The van der Waals surface area contributed by atoms with Crippen LogP contribution in [0.5, 0.6) is 5.75 Å². The summed E-state index contributed by atoms with van der Waals surface area (Å²) in [6.07, 6.45) is 0. The number of aromatic nitrogens is 1. The molecule has 5 aromatic rings. The zero-order valence-corrected chi connectivity index (χ0v) is 24.7. The molecule has 220 valence electrons. The molecule has 1 aliphatic rings. The van der Waals surface area contributed by atoms with Crippen molar-refractivity contribution in [2.75, 3.05) is 48.8 Å². The van der Waals surface area contributed by atoms with Crippen molar-refractivity contribution in [2.24, 2.45) is 0 Å². The number of benzene rings is 4. The highest BCUT2D eigenvalue weighted by molar-refractivity contribution is 6.09. The number of hydrogen-bond donors (Lipinski definition) is 2. The minimum atomic E-state index is -0.351. The largest absolute Gasteiger partial charge is 0.497 e. The van der Waals surface area contributed by atoms with Crippen molar-refractivity contribution in [1.82, 2.24) is 9.88 Å². The van der Waals surface area contributed by atoms with Gasteiger partial charge in [0.25, 0.3) is 5.91 Å². The predicted molar refractivity (Wildman–Crippen MR) is 175 cm³/mol. The number of carbonyl (C=O) groups excluding carboxylic acids is 1. The van der Waals surface area contributed by atoms with Gasteiger partial charge in [0.2, 0.25) is 0 Å². The standard InChI is InChI=1S/C36H34N6O2/c1-44-29-17-15-28(16-18-29)36(43)40-35-30(23-37)34(38-24-26-9-4-2-5-10-26)33-31(39-35)13-8-14-32(33)42-21-19-41(20-22-42)25-27-11-6-3-7-12-27/h2-18H,19-22,24-25H2,1H3,(H2,38,39,40,43). The van der Waals surface area contributed by atoms with E-state index >= 15 is 0 Å². The van der Waals surface area contributed by atoms with Gasteiger partial charge in [-0.2, -0.15) is 5.26 Å². The molecular formula is C36H34N6O2.